The van der Waals surface area contributed by atoms with Crippen molar-refractivity contribution in [3.8, 4) is 0 Å². The van der Waals surface area contributed by atoms with E-state index < -0.39 is 18.1 Å². The fourth-order valence-corrected chi connectivity index (χ4v) is 6.13. The molecule has 0 aromatic carbocycles. The Labute approximate surface area is 372 Å². The predicted octanol–water partition coefficient (Wildman–Crippen LogP) is 11.9. The van der Waals surface area contributed by atoms with E-state index in [0.717, 1.165) is 96.3 Å². The van der Waals surface area contributed by atoms with Crippen molar-refractivity contribution in [3.63, 3.8) is 0 Å². The standard InChI is InChI=1S/C53H85NO7/c1-6-8-10-12-14-16-18-20-22-23-24-25-26-27-28-30-32-34-36-38-40-42-44-52(56)61-49(47-59-46-45-50(53(57)58)54(3,4)5)48-60-51(55)43-41-39-37-35-33-31-29-21-19-17-15-13-11-9-7-2/h8-11,13-17,19-20,22,24-25,27-28,32,34,49-50H,6-7,12,18,21,23,26,29-31,33,35-48H2,1-5H3/b10-8+,11-9+,15-13+,16-14+,19-17+,22-20+,25-24+,28-27+,34-32+. The normalized spacial score (nSPS) is 13.9. The minimum Gasteiger partial charge on any atom is -0.544 e. The molecule has 0 amide bonds. The molecular weight excluding hydrogens is 763 g/mol. The Morgan fingerprint density at radius 1 is 0.508 bits per heavy atom. The second-order valence-electron chi connectivity index (χ2n) is 16.3. The van der Waals surface area contributed by atoms with Crippen molar-refractivity contribution >= 4 is 17.9 Å². The molecular formula is C53H85NO7. The fraction of sp³-hybridized carbons (Fsp3) is 0.604. The number of ether oxygens (including phenoxy) is 3. The van der Waals surface area contributed by atoms with Gasteiger partial charge >= 0.3 is 11.9 Å². The summed E-state index contributed by atoms with van der Waals surface area (Å²) >= 11 is 0. The summed E-state index contributed by atoms with van der Waals surface area (Å²) in [4.78, 5) is 36.9. The van der Waals surface area contributed by atoms with Gasteiger partial charge in [-0.1, -0.05) is 162 Å². The van der Waals surface area contributed by atoms with Crippen LogP contribution in [-0.2, 0) is 28.6 Å². The zero-order chi connectivity index (χ0) is 44.9. The average molecular weight is 848 g/mol. The largest absolute Gasteiger partial charge is 0.544 e. The minimum atomic E-state index is -1.14. The second kappa shape index (κ2) is 42.7. The van der Waals surface area contributed by atoms with E-state index in [1.807, 2.05) is 0 Å². The van der Waals surface area contributed by atoms with Crippen LogP contribution >= 0.6 is 0 Å². The summed E-state index contributed by atoms with van der Waals surface area (Å²) in [5.74, 6) is -1.81. The maximum atomic E-state index is 12.7. The first-order valence-electron chi connectivity index (χ1n) is 23.4. The highest BCUT2D eigenvalue weighted by atomic mass is 16.6. The zero-order valence-corrected chi connectivity index (χ0v) is 39.0. The summed E-state index contributed by atoms with van der Waals surface area (Å²) in [5, 5.41) is 11.6. The summed E-state index contributed by atoms with van der Waals surface area (Å²) in [6, 6.07) is -0.741. The quantitative estimate of drug-likeness (QED) is 0.0199. The van der Waals surface area contributed by atoms with Gasteiger partial charge in [0.2, 0.25) is 0 Å². The van der Waals surface area contributed by atoms with Crippen molar-refractivity contribution in [2.75, 3.05) is 41.0 Å². The lowest BCUT2D eigenvalue weighted by molar-refractivity contribution is -0.889. The summed E-state index contributed by atoms with van der Waals surface area (Å²) < 4.78 is 17.1. The van der Waals surface area contributed by atoms with Crippen molar-refractivity contribution in [2.24, 2.45) is 0 Å². The Bertz CT molecular complexity index is 1360. The predicted molar refractivity (Wildman–Crippen MR) is 254 cm³/mol. The van der Waals surface area contributed by atoms with Crippen molar-refractivity contribution in [1.29, 1.82) is 0 Å². The molecule has 0 aromatic rings. The Balaban J connectivity index is 4.42. The van der Waals surface area contributed by atoms with Gasteiger partial charge < -0.3 is 28.6 Å². The van der Waals surface area contributed by atoms with Crippen LogP contribution in [0.15, 0.2) is 109 Å². The van der Waals surface area contributed by atoms with Crippen LogP contribution in [0.4, 0.5) is 0 Å². The van der Waals surface area contributed by atoms with Crippen molar-refractivity contribution in [3.05, 3.63) is 109 Å². The van der Waals surface area contributed by atoms with E-state index in [4.69, 9.17) is 14.2 Å². The highest BCUT2D eigenvalue weighted by Crippen LogP contribution is 2.13. The molecule has 0 N–H and O–H groups in total. The molecule has 0 radical (unpaired) electrons. The molecule has 0 fully saturated rings. The Morgan fingerprint density at radius 2 is 0.951 bits per heavy atom. The molecule has 0 aliphatic carbocycles. The first kappa shape index (κ1) is 57.0. The van der Waals surface area contributed by atoms with Gasteiger partial charge in [-0.15, -0.1) is 0 Å². The third-order valence-corrected chi connectivity index (χ3v) is 9.72. The van der Waals surface area contributed by atoms with Gasteiger partial charge in [-0.2, -0.15) is 0 Å². The number of hydrogen-bond acceptors (Lipinski definition) is 7. The Morgan fingerprint density at radius 3 is 1.48 bits per heavy atom. The summed E-state index contributed by atoms with van der Waals surface area (Å²) in [6.07, 6.45) is 58.3. The lowest BCUT2D eigenvalue weighted by atomic mass is 10.1. The number of quaternary nitrogens is 1. The van der Waals surface area contributed by atoms with Gasteiger partial charge in [-0.3, -0.25) is 9.59 Å². The molecule has 0 heterocycles. The van der Waals surface area contributed by atoms with E-state index in [1.165, 1.54) is 19.3 Å². The lowest BCUT2D eigenvalue weighted by Gasteiger charge is -2.34. The molecule has 0 aliphatic heterocycles. The molecule has 61 heavy (non-hydrogen) atoms. The van der Waals surface area contributed by atoms with Crippen LogP contribution in [-0.4, -0.2) is 75.5 Å². The maximum absolute atomic E-state index is 12.7. The molecule has 2 atom stereocenters. The Kier molecular flexibility index (Phi) is 39.9. The summed E-state index contributed by atoms with van der Waals surface area (Å²) in [7, 11) is 5.38. The number of carboxylic acids is 1. The van der Waals surface area contributed by atoms with Crippen LogP contribution in [0.2, 0.25) is 0 Å². The molecule has 0 aliphatic rings. The van der Waals surface area contributed by atoms with E-state index in [1.54, 1.807) is 21.1 Å². The summed E-state index contributed by atoms with van der Waals surface area (Å²) in [6.45, 7) is 4.35. The van der Waals surface area contributed by atoms with E-state index in [-0.39, 0.29) is 49.1 Å². The summed E-state index contributed by atoms with van der Waals surface area (Å²) in [5.41, 5.74) is 0. The number of nitrogens with zero attached hydrogens (tertiary/aromatic N) is 1. The molecule has 8 heteroatoms. The third-order valence-electron chi connectivity index (χ3n) is 9.72. The number of hydrogen-bond donors (Lipinski definition) is 0. The van der Waals surface area contributed by atoms with Gasteiger partial charge in [0.05, 0.1) is 40.3 Å². The smallest absolute Gasteiger partial charge is 0.306 e. The van der Waals surface area contributed by atoms with Crippen LogP contribution < -0.4 is 5.11 Å². The minimum absolute atomic E-state index is 0.0153. The van der Waals surface area contributed by atoms with E-state index >= 15 is 0 Å². The monoisotopic (exact) mass is 848 g/mol. The highest BCUT2D eigenvalue weighted by Gasteiger charge is 2.25. The number of rotatable bonds is 40. The van der Waals surface area contributed by atoms with Crippen LogP contribution in [0.5, 0.6) is 0 Å². The van der Waals surface area contributed by atoms with Crippen molar-refractivity contribution in [1.82, 2.24) is 0 Å². The molecule has 0 bridgehead atoms. The van der Waals surface area contributed by atoms with E-state index in [9.17, 15) is 19.5 Å². The first-order chi connectivity index (χ1) is 29.6. The lowest BCUT2D eigenvalue weighted by Crippen LogP contribution is -2.55. The third kappa shape index (κ3) is 41.1. The number of aliphatic carboxylic acids is 1. The maximum Gasteiger partial charge on any atom is 0.306 e. The topological polar surface area (TPSA) is 102 Å². The molecule has 0 spiro atoms. The first-order valence-corrected chi connectivity index (χ1v) is 23.4. The highest BCUT2D eigenvalue weighted by molar-refractivity contribution is 5.70. The Hall–Kier alpha value is -4.01. The number of unbranched alkanes of at least 4 members (excludes halogenated alkanes) is 10. The van der Waals surface area contributed by atoms with Gasteiger partial charge in [-0.05, 0) is 83.5 Å². The van der Waals surface area contributed by atoms with Crippen LogP contribution in [0.25, 0.3) is 0 Å². The van der Waals surface area contributed by atoms with Crippen molar-refractivity contribution < 1.29 is 38.2 Å². The van der Waals surface area contributed by atoms with Gasteiger partial charge in [0.1, 0.15) is 12.6 Å². The second-order valence-corrected chi connectivity index (χ2v) is 16.3. The number of carbonyl (C=O) groups excluding carboxylic acids is 3. The zero-order valence-electron chi connectivity index (χ0n) is 39.0. The number of carboxylic acid groups (broad SMARTS) is 1. The molecule has 0 rings (SSSR count). The van der Waals surface area contributed by atoms with E-state index in [0.29, 0.717) is 12.8 Å². The van der Waals surface area contributed by atoms with Gasteiger partial charge in [0.25, 0.3) is 0 Å². The SMILES string of the molecule is CC/C=C/C=C/C=C/CCCCCCCCCC(=O)OCC(COCCC(C(=O)[O-])[N+](C)(C)C)OC(=O)CCCCC/C=C/C/C=C/C/C=C/C/C=C/C/C=C/C/C=C/CC. The van der Waals surface area contributed by atoms with Crippen LogP contribution in [0.3, 0.4) is 0 Å². The van der Waals surface area contributed by atoms with Gasteiger partial charge in [0.15, 0.2) is 6.10 Å². The molecule has 0 aromatic heterocycles. The molecule has 8 nitrogen and oxygen atoms in total. The molecule has 0 saturated carbocycles. The number of likely N-dealkylation sites (N-methyl/N-ethyl adjacent to an activating group) is 1. The number of esters is 2. The molecule has 2 unspecified atom stereocenters. The average Bonchev–Trinajstić information content (AvgIpc) is 3.22. The molecule has 0 saturated heterocycles. The fourth-order valence-electron chi connectivity index (χ4n) is 6.13. The van der Waals surface area contributed by atoms with Gasteiger partial charge in [0, 0.05) is 19.3 Å². The van der Waals surface area contributed by atoms with E-state index in [2.05, 4.69) is 123 Å². The molecule has 344 valence electrons. The van der Waals surface area contributed by atoms with Gasteiger partial charge in [-0.25, -0.2) is 0 Å². The van der Waals surface area contributed by atoms with Crippen LogP contribution in [0.1, 0.15) is 155 Å². The van der Waals surface area contributed by atoms with Crippen LogP contribution in [0, 0.1) is 0 Å². The number of allylic oxidation sites excluding steroid dienone is 18. The van der Waals surface area contributed by atoms with Crippen molar-refractivity contribution in [2.45, 2.75) is 167 Å². The number of carbonyl (C=O) groups is 3.